The summed E-state index contributed by atoms with van der Waals surface area (Å²) in [6.07, 6.45) is 1.84. The minimum atomic E-state index is 0.557. The third-order valence-electron chi connectivity index (χ3n) is 8.99. The van der Waals surface area contributed by atoms with Crippen molar-refractivity contribution in [2.45, 2.75) is 0 Å². The van der Waals surface area contributed by atoms with Gasteiger partial charge in [-0.05, 0) is 41.1 Å². The van der Waals surface area contributed by atoms with E-state index >= 15 is 0 Å². The minimum Gasteiger partial charge on any atom is -0.456 e. The van der Waals surface area contributed by atoms with E-state index < -0.39 is 0 Å². The highest BCUT2D eigenvalue weighted by molar-refractivity contribution is 6.15. The van der Waals surface area contributed by atoms with Gasteiger partial charge in [0.1, 0.15) is 22.4 Å². The van der Waals surface area contributed by atoms with Gasteiger partial charge >= 0.3 is 0 Å². The fraction of sp³-hybridized carbons (Fsp3) is 0. The van der Waals surface area contributed by atoms with Crippen molar-refractivity contribution < 1.29 is 8.83 Å². The van der Waals surface area contributed by atoms with Crippen molar-refractivity contribution >= 4 is 54.6 Å². The van der Waals surface area contributed by atoms with Crippen LogP contribution < -0.4 is 0 Å². The van der Waals surface area contributed by atoms with E-state index in [2.05, 4.69) is 54.6 Å². The molecule has 0 spiro atoms. The molecule has 0 unspecified atom stereocenters. The van der Waals surface area contributed by atoms with Gasteiger partial charge in [0.25, 0.3) is 0 Å². The highest BCUT2D eigenvalue weighted by atomic mass is 16.3. The summed E-state index contributed by atoms with van der Waals surface area (Å²) in [5.41, 5.74) is 7.49. The smallest absolute Gasteiger partial charge is 0.164 e. The van der Waals surface area contributed by atoms with E-state index in [0.29, 0.717) is 17.5 Å². The highest BCUT2D eigenvalue weighted by Gasteiger charge is 2.21. The molecule has 0 aliphatic carbocycles. The lowest BCUT2D eigenvalue weighted by Crippen LogP contribution is -2.00. The van der Waals surface area contributed by atoms with Crippen LogP contribution in [0, 0.1) is 0 Å². The minimum absolute atomic E-state index is 0.557. The summed E-state index contributed by atoms with van der Waals surface area (Å²) >= 11 is 0. The zero-order valence-electron chi connectivity index (χ0n) is 25.5. The fourth-order valence-corrected chi connectivity index (χ4v) is 6.78. The van der Waals surface area contributed by atoms with Crippen molar-refractivity contribution in [2.75, 3.05) is 0 Å². The Morgan fingerprint density at radius 1 is 0.417 bits per heavy atom. The number of nitrogens with zero attached hydrogens (tertiary/aromatic N) is 4. The molecule has 4 heterocycles. The molecule has 0 N–H and O–H groups in total. The van der Waals surface area contributed by atoms with Crippen LogP contribution >= 0.6 is 0 Å². The molecule has 224 valence electrons. The number of fused-ring (bicyclic) bond motifs is 7. The van der Waals surface area contributed by atoms with Crippen molar-refractivity contribution in [1.82, 2.24) is 19.9 Å². The van der Waals surface area contributed by atoms with Crippen molar-refractivity contribution in [1.29, 1.82) is 0 Å². The van der Waals surface area contributed by atoms with Gasteiger partial charge in [-0.25, -0.2) is 15.0 Å². The van der Waals surface area contributed by atoms with Gasteiger partial charge in [-0.15, -0.1) is 0 Å². The van der Waals surface area contributed by atoms with E-state index in [1.54, 1.807) is 0 Å². The number of aromatic nitrogens is 4. The Morgan fingerprint density at radius 3 is 1.88 bits per heavy atom. The number of hydrogen-bond acceptors (Lipinski definition) is 6. The molecule has 0 amide bonds. The van der Waals surface area contributed by atoms with Crippen molar-refractivity contribution in [3.63, 3.8) is 0 Å². The summed E-state index contributed by atoms with van der Waals surface area (Å²) in [5, 5.41) is 6.20. The molecule has 6 nitrogen and oxygen atoms in total. The van der Waals surface area contributed by atoms with Crippen LogP contribution in [0.3, 0.4) is 0 Å². The summed E-state index contributed by atoms with van der Waals surface area (Å²) in [6.45, 7) is 0. The Labute approximate surface area is 274 Å². The van der Waals surface area contributed by atoms with Gasteiger partial charge in [0.05, 0.1) is 0 Å². The monoisotopic (exact) mass is 616 g/mol. The first-order valence-electron chi connectivity index (χ1n) is 15.8. The SMILES string of the molecule is c1ccc(-c2nc(-c3cccc4oc5ccccc5c34)nc(-c3cccc4oc5c(-c6ccc7ccccc7c6)nccc5c34)n2)cc1. The molecule has 0 saturated carbocycles. The largest absolute Gasteiger partial charge is 0.456 e. The Bertz CT molecular complexity index is 2850. The lowest BCUT2D eigenvalue weighted by molar-refractivity contribution is 0.668. The summed E-state index contributed by atoms with van der Waals surface area (Å²) in [5.74, 6) is 1.71. The van der Waals surface area contributed by atoms with Gasteiger partial charge in [0, 0.05) is 50.0 Å². The molecular weight excluding hydrogens is 592 g/mol. The average Bonchev–Trinajstić information content (AvgIpc) is 3.73. The molecule has 10 aromatic rings. The number of hydrogen-bond donors (Lipinski definition) is 0. The average molecular weight is 617 g/mol. The Kier molecular flexibility index (Phi) is 5.77. The zero-order valence-corrected chi connectivity index (χ0v) is 25.5. The van der Waals surface area contributed by atoms with Gasteiger partial charge in [0.15, 0.2) is 23.1 Å². The van der Waals surface area contributed by atoms with Crippen molar-refractivity contribution in [3.05, 3.63) is 146 Å². The number of pyridine rings is 1. The molecule has 10 rings (SSSR count). The van der Waals surface area contributed by atoms with Crippen molar-refractivity contribution in [3.8, 4) is 45.4 Å². The third kappa shape index (κ3) is 4.13. The molecule has 0 saturated heterocycles. The topological polar surface area (TPSA) is 77.8 Å². The second kappa shape index (κ2) is 10.4. The van der Waals surface area contributed by atoms with Crippen molar-refractivity contribution in [2.24, 2.45) is 0 Å². The molecule has 0 bridgehead atoms. The van der Waals surface area contributed by atoms with Crippen LogP contribution in [-0.2, 0) is 0 Å². The Morgan fingerprint density at radius 2 is 1.06 bits per heavy atom. The normalized spacial score (nSPS) is 11.8. The first kappa shape index (κ1) is 26.5. The number of benzene rings is 6. The first-order chi connectivity index (χ1) is 23.8. The quantitative estimate of drug-likeness (QED) is 0.196. The van der Waals surface area contributed by atoms with Crippen LogP contribution in [0.2, 0.25) is 0 Å². The summed E-state index contributed by atoms with van der Waals surface area (Å²) in [7, 11) is 0. The predicted molar refractivity (Wildman–Crippen MR) is 191 cm³/mol. The second-order valence-corrected chi connectivity index (χ2v) is 11.8. The number of furan rings is 2. The van der Waals surface area contributed by atoms with E-state index in [9.17, 15) is 0 Å². The predicted octanol–water partition coefficient (Wildman–Crippen LogP) is 10.9. The number of rotatable bonds is 4. The Hall–Kier alpha value is -6.66. The van der Waals surface area contributed by atoms with E-state index in [0.717, 1.165) is 77.2 Å². The summed E-state index contributed by atoms with van der Waals surface area (Å²) in [4.78, 5) is 20.1. The number of para-hydroxylation sites is 1. The van der Waals surface area contributed by atoms with Crippen LogP contribution in [-0.4, -0.2) is 19.9 Å². The molecule has 0 radical (unpaired) electrons. The Balaban J connectivity index is 1.23. The van der Waals surface area contributed by atoms with Crippen LogP contribution in [0.25, 0.3) is 100 Å². The van der Waals surface area contributed by atoms with E-state index in [-0.39, 0.29) is 0 Å². The second-order valence-electron chi connectivity index (χ2n) is 11.8. The van der Waals surface area contributed by atoms with Crippen LogP contribution in [0.1, 0.15) is 0 Å². The van der Waals surface area contributed by atoms with Gasteiger partial charge in [-0.2, -0.15) is 0 Å². The van der Waals surface area contributed by atoms with Gasteiger partial charge in [0.2, 0.25) is 0 Å². The molecule has 0 atom stereocenters. The lowest BCUT2D eigenvalue weighted by atomic mass is 10.0. The maximum Gasteiger partial charge on any atom is 0.164 e. The van der Waals surface area contributed by atoms with E-state index in [4.69, 9.17) is 28.8 Å². The van der Waals surface area contributed by atoms with Crippen LogP contribution in [0.5, 0.6) is 0 Å². The maximum atomic E-state index is 6.59. The molecule has 0 fully saturated rings. The lowest BCUT2D eigenvalue weighted by Gasteiger charge is -2.10. The maximum absolute atomic E-state index is 6.59. The molecule has 6 heteroatoms. The molecule has 4 aromatic heterocycles. The molecule has 48 heavy (non-hydrogen) atoms. The molecular formula is C42H24N4O2. The van der Waals surface area contributed by atoms with Gasteiger partial charge in [-0.3, -0.25) is 4.98 Å². The van der Waals surface area contributed by atoms with E-state index in [1.165, 1.54) is 5.39 Å². The van der Waals surface area contributed by atoms with Crippen LogP contribution in [0.4, 0.5) is 0 Å². The first-order valence-corrected chi connectivity index (χ1v) is 15.8. The third-order valence-corrected chi connectivity index (χ3v) is 8.99. The standard InChI is InChI=1S/C42H24N4O2/c1-2-11-26(12-3-1)40-44-41(31-15-8-18-34-36(31)29-14-6-7-17-33(29)47-34)46-42(45-40)32-16-9-19-35-37(32)30-22-23-43-38(39(30)48-35)28-21-20-25-10-4-5-13-27(25)24-28/h1-24H. The summed E-state index contributed by atoms with van der Waals surface area (Å²) in [6, 6.07) is 46.9. The molecule has 6 aromatic carbocycles. The fourth-order valence-electron chi connectivity index (χ4n) is 6.78. The molecule has 0 aliphatic heterocycles. The van der Waals surface area contributed by atoms with Crippen LogP contribution in [0.15, 0.2) is 155 Å². The highest BCUT2D eigenvalue weighted by Crippen LogP contribution is 2.41. The van der Waals surface area contributed by atoms with Gasteiger partial charge in [-0.1, -0.05) is 109 Å². The summed E-state index contributed by atoms with van der Waals surface area (Å²) < 4.78 is 12.8. The molecule has 0 aliphatic rings. The zero-order chi connectivity index (χ0) is 31.6. The van der Waals surface area contributed by atoms with Gasteiger partial charge < -0.3 is 8.83 Å². The van der Waals surface area contributed by atoms with E-state index in [1.807, 2.05) is 91.1 Å².